The Labute approximate surface area is 204 Å². The molecule has 6 rings (SSSR count). The largest absolute Gasteiger partial charge is 0.443 e. The number of fused-ring (bicyclic) bond motifs is 1. The molecule has 2 aliphatic carbocycles. The number of Topliss-reactive ketones (excluding diaryl/α,β-unsaturated/α-hetero) is 1. The minimum atomic E-state index is -0.664. The first-order valence-corrected chi connectivity index (χ1v) is 12.5. The molecule has 1 aliphatic heterocycles. The highest BCUT2D eigenvalue weighted by molar-refractivity contribution is 6.11. The topological polar surface area (TPSA) is 96.5 Å². The zero-order valence-corrected chi connectivity index (χ0v) is 20.9. The standard InChI is InChI=1S/C27H31N3O5/c1-14-21(15(2)35-29-14)17-12-18(23(31)20-8-9-27(33-20)10-11-27)22-19(13-17)30(24(28-22)16-6-7-16)25(32)34-26(3,4)5/h12-13,16,20H,6-11H2,1-5H3/t20-/m0/s1. The Bertz CT molecular complexity index is 1350. The molecular formula is C27H31N3O5. The maximum Gasteiger partial charge on any atom is 0.420 e. The number of ketones is 1. The van der Waals surface area contributed by atoms with Gasteiger partial charge in [0.15, 0.2) is 5.78 Å². The number of hydrogen-bond acceptors (Lipinski definition) is 7. The quantitative estimate of drug-likeness (QED) is 0.434. The van der Waals surface area contributed by atoms with Gasteiger partial charge in [-0.2, -0.15) is 0 Å². The Morgan fingerprint density at radius 3 is 2.43 bits per heavy atom. The molecule has 1 saturated heterocycles. The molecule has 0 amide bonds. The van der Waals surface area contributed by atoms with Crippen molar-refractivity contribution < 1.29 is 23.6 Å². The van der Waals surface area contributed by atoms with Crippen LogP contribution in [0.4, 0.5) is 4.79 Å². The second-order valence-corrected chi connectivity index (χ2v) is 11.3. The molecule has 3 aromatic rings. The summed E-state index contributed by atoms with van der Waals surface area (Å²) in [4.78, 5) is 32.1. The van der Waals surface area contributed by atoms with Gasteiger partial charge in [0, 0.05) is 17.0 Å². The Hall–Kier alpha value is -3.00. The number of imidazole rings is 1. The average molecular weight is 478 g/mol. The molecule has 3 aliphatic rings. The average Bonchev–Trinajstić information content (AvgIpc) is 3.64. The fourth-order valence-corrected chi connectivity index (χ4v) is 5.22. The summed E-state index contributed by atoms with van der Waals surface area (Å²) < 4.78 is 19.0. The lowest BCUT2D eigenvalue weighted by Gasteiger charge is -2.20. The van der Waals surface area contributed by atoms with Crippen molar-refractivity contribution in [1.82, 2.24) is 14.7 Å². The van der Waals surface area contributed by atoms with E-state index in [1.165, 1.54) is 0 Å². The first-order chi connectivity index (χ1) is 16.6. The second kappa shape index (κ2) is 7.50. The zero-order valence-electron chi connectivity index (χ0n) is 20.9. The van der Waals surface area contributed by atoms with E-state index in [2.05, 4.69) is 5.16 Å². The lowest BCUT2D eigenvalue weighted by atomic mass is 9.96. The predicted molar refractivity (Wildman–Crippen MR) is 129 cm³/mol. The van der Waals surface area contributed by atoms with Gasteiger partial charge in [0.2, 0.25) is 0 Å². The van der Waals surface area contributed by atoms with Crippen LogP contribution in [0.15, 0.2) is 16.7 Å². The van der Waals surface area contributed by atoms with E-state index in [9.17, 15) is 9.59 Å². The number of aromatic nitrogens is 3. The number of carbonyl (C=O) groups excluding carboxylic acids is 2. The van der Waals surface area contributed by atoms with Crippen molar-refractivity contribution in [3.05, 3.63) is 35.0 Å². The van der Waals surface area contributed by atoms with E-state index in [1.807, 2.05) is 46.8 Å². The number of hydrogen-bond donors (Lipinski definition) is 0. The van der Waals surface area contributed by atoms with Gasteiger partial charge >= 0.3 is 6.09 Å². The fraction of sp³-hybridized carbons (Fsp3) is 0.556. The van der Waals surface area contributed by atoms with Crippen LogP contribution in [0.5, 0.6) is 0 Å². The highest BCUT2D eigenvalue weighted by Crippen LogP contribution is 2.50. The van der Waals surface area contributed by atoms with Crippen molar-refractivity contribution in [3.8, 4) is 11.1 Å². The zero-order chi connectivity index (χ0) is 24.7. The third-order valence-corrected chi connectivity index (χ3v) is 7.25. The SMILES string of the molecule is Cc1noc(C)c1-c1cc(C(=O)[C@@H]2CCC3(CC3)O2)c2nc(C3CC3)n(C(=O)OC(C)(C)C)c2c1. The maximum atomic E-state index is 13.8. The lowest BCUT2D eigenvalue weighted by molar-refractivity contribution is 0.0267. The highest BCUT2D eigenvalue weighted by Gasteiger charge is 2.51. The van der Waals surface area contributed by atoms with Crippen molar-refractivity contribution in [3.63, 3.8) is 0 Å². The minimum absolute atomic E-state index is 0.0800. The Morgan fingerprint density at radius 1 is 1.11 bits per heavy atom. The van der Waals surface area contributed by atoms with E-state index in [1.54, 1.807) is 4.57 Å². The third-order valence-electron chi connectivity index (χ3n) is 7.25. The van der Waals surface area contributed by atoms with E-state index in [0.29, 0.717) is 34.6 Å². The molecule has 3 fully saturated rings. The van der Waals surface area contributed by atoms with Crippen molar-refractivity contribution in [2.75, 3.05) is 0 Å². The smallest absolute Gasteiger partial charge is 0.420 e. The van der Waals surface area contributed by atoms with E-state index >= 15 is 0 Å². The summed E-state index contributed by atoms with van der Waals surface area (Å²) >= 11 is 0. The summed E-state index contributed by atoms with van der Waals surface area (Å²) in [5.41, 5.74) is 3.11. The van der Waals surface area contributed by atoms with Gasteiger partial charge in [-0.05, 0) is 90.8 Å². The summed E-state index contributed by atoms with van der Waals surface area (Å²) in [6.45, 7) is 9.25. The molecule has 3 heterocycles. The molecule has 35 heavy (non-hydrogen) atoms. The normalized spacial score (nSPS) is 21.1. The van der Waals surface area contributed by atoms with Crippen molar-refractivity contribution in [2.45, 2.75) is 96.4 Å². The van der Waals surface area contributed by atoms with Gasteiger partial charge in [-0.3, -0.25) is 4.79 Å². The monoisotopic (exact) mass is 477 g/mol. The second-order valence-electron chi connectivity index (χ2n) is 11.3. The van der Waals surface area contributed by atoms with Crippen LogP contribution in [-0.4, -0.2) is 43.9 Å². The molecule has 0 unspecified atom stereocenters. The lowest BCUT2D eigenvalue weighted by Crippen LogP contribution is -2.28. The molecule has 8 heteroatoms. The van der Waals surface area contributed by atoms with Crippen LogP contribution in [0.3, 0.4) is 0 Å². The van der Waals surface area contributed by atoms with Crippen LogP contribution in [0, 0.1) is 13.8 Å². The van der Waals surface area contributed by atoms with E-state index in [4.69, 9.17) is 19.0 Å². The van der Waals surface area contributed by atoms with Gasteiger partial charge in [0.05, 0.1) is 16.8 Å². The number of nitrogens with zero attached hydrogens (tertiary/aromatic N) is 3. The van der Waals surface area contributed by atoms with E-state index < -0.39 is 17.8 Å². The van der Waals surface area contributed by atoms with Gasteiger partial charge < -0.3 is 14.0 Å². The molecule has 2 aromatic heterocycles. The number of ether oxygens (including phenoxy) is 2. The molecule has 0 bridgehead atoms. The molecule has 0 N–H and O–H groups in total. The molecule has 184 valence electrons. The van der Waals surface area contributed by atoms with Gasteiger partial charge in [-0.25, -0.2) is 14.3 Å². The molecule has 2 saturated carbocycles. The van der Waals surface area contributed by atoms with Crippen LogP contribution in [0.1, 0.15) is 92.9 Å². The first-order valence-electron chi connectivity index (χ1n) is 12.5. The highest BCUT2D eigenvalue weighted by atomic mass is 16.6. The number of aryl methyl sites for hydroxylation is 2. The third kappa shape index (κ3) is 3.88. The van der Waals surface area contributed by atoms with Gasteiger partial charge in [-0.15, -0.1) is 0 Å². The van der Waals surface area contributed by atoms with Crippen LogP contribution in [0.2, 0.25) is 0 Å². The van der Waals surface area contributed by atoms with E-state index in [-0.39, 0.29) is 17.3 Å². The van der Waals surface area contributed by atoms with Crippen molar-refractivity contribution in [1.29, 1.82) is 0 Å². The summed E-state index contributed by atoms with van der Waals surface area (Å²) in [6.07, 6.45) is 4.60. The molecule has 1 aromatic carbocycles. The van der Waals surface area contributed by atoms with Crippen molar-refractivity contribution >= 4 is 22.9 Å². The predicted octanol–water partition coefficient (Wildman–Crippen LogP) is 5.86. The summed E-state index contributed by atoms with van der Waals surface area (Å²) in [5.74, 6) is 1.41. The molecule has 0 radical (unpaired) electrons. The number of benzene rings is 1. The summed E-state index contributed by atoms with van der Waals surface area (Å²) in [6, 6.07) is 3.76. The van der Waals surface area contributed by atoms with Crippen LogP contribution in [-0.2, 0) is 9.47 Å². The summed E-state index contributed by atoms with van der Waals surface area (Å²) in [5, 5.41) is 4.10. The molecule has 1 spiro atoms. The minimum Gasteiger partial charge on any atom is -0.443 e. The Kier molecular flexibility index (Phi) is 4.81. The van der Waals surface area contributed by atoms with Crippen LogP contribution in [0.25, 0.3) is 22.2 Å². The number of rotatable bonds is 4. The van der Waals surface area contributed by atoms with Gasteiger partial charge in [0.1, 0.15) is 28.8 Å². The molecule has 8 nitrogen and oxygen atoms in total. The van der Waals surface area contributed by atoms with Gasteiger partial charge in [0.25, 0.3) is 0 Å². The first kappa shape index (κ1) is 22.5. The van der Waals surface area contributed by atoms with Gasteiger partial charge in [-0.1, -0.05) is 5.16 Å². The molecule has 1 atom stereocenters. The van der Waals surface area contributed by atoms with Crippen molar-refractivity contribution in [2.24, 2.45) is 0 Å². The fourth-order valence-electron chi connectivity index (χ4n) is 5.22. The van der Waals surface area contributed by atoms with Crippen LogP contribution >= 0.6 is 0 Å². The summed E-state index contributed by atoms with van der Waals surface area (Å²) in [7, 11) is 0. The van der Waals surface area contributed by atoms with E-state index in [0.717, 1.165) is 48.9 Å². The van der Waals surface area contributed by atoms with Crippen LogP contribution < -0.4 is 0 Å². The Morgan fingerprint density at radius 2 is 1.86 bits per heavy atom. The number of carbonyl (C=O) groups is 2. The Balaban J connectivity index is 1.56. The molecular weight excluding hydrogens is 446 g/mol. The maximum absolute atomic E-state index is 13.8.